The zero-order chi connectivity index (χ0) is 16.1. The molecule has 5 heteroatoms. The number of ether oxygens (including phenoxy) is 1. The number of hydrogen-bond donors (Lipinski definition) is 2. The van der Waals surface area contributed by atoms with E-state index in [1.54, 1.807) is 7.11 Å². The minimum Gasteiger partial charge on any atom is -0.496 e. The lowest BCUT2D eigenvalue weighted by molar-refractivity contribution is 0.416. The van der Waals surface area contributed by atoms with Crippen LogP contribution in [0.5, 0.6) is 5.75 Å². The van der Waals surface area contributed by atoms with E-state index < -0.39 is 11.4 Å². The van der Waals surface area contributed by atoms with E-state index in [1.807, 2.05) is 43.3 Å². The third-order valence-electron chi connectivity index (χ3n) is 3.38. The zero-order valence-electron chi connectivity index (χ0n) is 13.0. The summed E-state index contributed by atoms with van der Waals surface area (Å²) >= 11 is 5.47. The molecule has 0 heterocycles. The van der Waals surface area contributed by atoms with Gasteiger partial charge in [0.15, 0.2) is 0 Å². The molecular weight excluding hydrogens is 318 g/mol. The molecular formula is C17H21ClNO2S+. The lowest BCUT2D eigenvalue weighted by Gasteiger charge is -2.13. The Labute approximate surface area is 140 Å². The molecule has 3 nitrogen and oxygen atoms in total. The van der Waals surface area contributed by atoms with Gasteiger partial charge in [-0.1, -0.05) is 30.7 Å². The first-order valence-electron chi connectivity index (χ1n) is 7.18. The Morgan fingerprint density at radius 3 is 2.68 bits per heavy atom. The molecule has 2 N–H and O–H groups in total. The molecule has 0 aliphatic heterocycles. The van der Waals surface area contributed by atoms with E-state index in [0.29, 0.717) is 5.02 Å². The van der Waals surface area contributed by atoms with Gasteiger partial charge in [-0.15, -0.1) is 4.72 Å². The normalized spacial score (nSPS) is 12.2. The molecule has 0 fully saturated rings. The smallest absolute Gasteiger partial charge is 0.275 e. The molecule has 0 aliphatic rings. The summed E-state index contributed by atoms with van der Waals surface area (Å²) in [5, 5.41) is 0.606. The predicted octanol–water partition coefficient (Wildman–Crippen LogP) is 4.69. The van der Waals surface area contributed by atoms with Crippen molar-refractivity contribution in [1.29, 1.82) is 0 Å². The summed E-state index contributed by atoms with van der Waals surface area (Å²) in [6, 6.07) is 11.6. The SMILES string of the molecule is CCCN[S+](O)c1ccc(-c2c(C)cccc2OC)c(Cl)c1. The average molecular weight is 339 g/mol. The Bertz CT molecular complexity index is 649. The Balaban J connectivity index is 2.39. The maximum absolute atomic E-state index is 10.1. The Kier molecular flexibility index (Phi) is 6.15. The number of nitrogens with one attached hydrogen (secondary N) is 1. The highest BCUT2D eigenvalue weighted by Gasteiger charge is 2.22. The summed E-state index contributed by atoms with van der Waals surface area (Å²) in [6.45, 7) is 4.86. The number of methoxy groups -OCH3 is 1. The molecule has 118 valence electrons. The summed E-state index contributed by atoms with van der Waals surface area (Å²) in [5.74, 6) is 0.793. The van der Waals surface area contributed by atoms with Gasteiger partial charge in [0.1, 0.15) is 5.75 Å². The van der Waals surface area contributed by atoms with E-state index in [4.69, 9.17) is 16.3 Å². The van der Waals surface area contributed by atoms with Crippen LogP contribution in [0.4, 0.5) is 0 Å². The van der Waals surface area contributed by atoms with Crippen molar-refractivity contribution in [3.05, 3.63) is 47.0 Å². The number of benzene rings is 2. The van der Waals surface area contributed by atoms with Crippen molar-refractivity contribution in [2.45, 2.75) is 25.2 Å². The quantitative estimate of drug-likeness (QED) is 0.751. The van der Waals surface area contributed by atoms with Crippen LogP contribution in [-0.2, 0) is 11.4 Å². The Morgan fingerprint density at radius 1 is 1.27 bits per heavy atom. The number of halogens is 1. The van der Waals surface area contributed by atoms with Gasteiger partial charge in [0.05, 0.1) is 12.1 Å². The Morgan fingerprint density at radius 2 is 2.05 bits per heavy atom. The summed E-state index contributed by atoms with van der Waals surface area (Å²) < 4.78 is 18.6. The largest absolute Gasteiger partial charge is 0.496 e. The van der Waals surface area contributed by atoms with Crippen molar-refractivity contribution in [2.24, 2.45) is 0 Å². The van der Waals surface area contributed by atoms with E-state index in [9.17, 15) is 4.55 Å². The zero-order valence-corrected chi connectivity index (χ0v) is 14.6. The third-order valence-corrected chi connectivity index (χ3v) is 4.87. The fraction of sp³-hybridized carbons (Fsp3) is 0.294. The minimum atomic E-state index is -0.986. The molecule has 0 aromatic heterocycles. The van der Waals surface area contributed by atoms with Crippen LogP contribution in [-0.4, -0.2) is 18.2 Å². The van der Waals surface area contributed by atoms with Gasteiger partial charge in [0.25, 0.3) is 11.4 Å². The van der Waals surface area contributed by atoms with Gasteiger partial charge in [-0.05, 0) is 37.1 Å². The van der Waals surface area contributed by atoms with Crippen LogP contribution in [0.2, 0.25) is 5.02 Å². The monoisotopic (exact) mass is 338 g/mol. The maximum atomic E-state index is 10.1. The fourth-order valence-electron chi connectivity index (χ4n) is 2.26. The summed E-state index contributed by atoms with van der Waals surface area (Å²) in [4.78, 5) is 0.787. The highest BCUT2D eigenvalue weighted by molar-refractivity contribution is 7.89. The molecule has 2 rings (SSSR count). The van der Waals surface area contributed by atoms with Crippen molar-refractivity contribution in [3.8, 4) is 16.9 Å². The number of rotatable bonds is 6. The molecule has 1 unspecified atom stereocenters. The van der Waals surface area contributed by atoms with E-state index in [-0.39, 0.29) is 0 Å². The van der Waals surface area contributed by atoms with E-state index in [0.717, 1.165) is 40.3 Å². The van der Waals surface area contributed by atoms with Gasteiger partial charge in [-0.3, -0.25) is 0 Å². The van der Waals surface area contributed by atoms with Crippen LogP contribution in [0.25, 0.3) is 11.1 Å². The fourth-order valence-corrected chi connectivity index (χ4v) is 3.59. The van der Waals surface area contributed by atoms with Crippen LogP contribution < -0.4 is 9.46 Å². The van der Waals surface area contributed by atoms with Gasteiger partial charge in [0, 0.05) is 23.7 Å². The van der Waals surface area contributed by atoms with Crippen LogP contribution in [0.15, 0.2) is 41.3 Å². The van der Waals surface area contributed by atoms with E-state index in [2.05, 4.69) is 11.6 Å². The molecule has 0 saturated carbocycles. The lowest BCUT2D eigenvalue weighted by atomic mass is 9.99. The molecule has 0 radical (unpaired) electrons. The van der Waals surface area contributed by atoms with Crippen molar-refractivity contribution in [3.63, 3.8) is 0 Å². The molecule has 0 amide bonds. The van der Waals surface area contributed by atoms with Gasteiger partial charge >= 0.3 is 0 Å². The molecule has 0 saturated heterocycles. The van der Waals surface area contributed by atoms with Gasteiger partial charge in [-0.25, -0.2) is 0 Å². The van der Waals surface area contributed by atoms with Gasteiger partial charge < -0.3 is 4.74 Å². The molecule has 2 aromatic carbocycles. The number of hydrogen-bond acceptors (Lipinski definition) is 3. The van der Waals surface area contributed by atoms with Crippen molar-refractivity contribution >= 4 is 23.0 Å². The highest BCUT2D eigenvalue weighted by atomic mass is 35.5. The average Bonchev–Trinajstić information content (AvgIpc) is 2.52. The van der Waals surface area contributed by atoms with Crippen molar-refractivity contribution in [1.82, 2.24) is 4.72 Å². The predicted molar refractivity (Wildman–Crippen MR) is 94.7 cm³/mol. The lowest BCUT2D eigenvalue weighted by Crippen LogP contribution is -2.24. The highest BCUT2D eigenvalue weighted by Crippen LogP contribution is 2.38. The number of aryl methyl sites for hydroxylation is 1. The van der Waals surface area contributed by atoms with E-state index in [1.165, 1.54) is 0 Å². The molecule has 2 aromatic rings. The third kappa shape index (κ3) is 3.76. The first-order chi connectivity index (χ1) is 10.6. The molecule has 22 heavy (non-hydrogen) atoms. The summed E-state index contributed by atoms with van der Waals surface area (Å²) in [7, 11) is 1.65. The van der Waals surface area contributed by atoms with Crippen LogP contribution in [0, 0.1) is 6.92 Å². The molecule has 0 spiro atoms. The van der Waals surface area contributed by atoms with Crippen LogP contribution in [0.3, 0.4) is 0 Å². The van der Waals surface area contributed by atoms with Gasteiger partial charge in [0.2, 0.25) is 4.90 Å². The second-order valence-corrected chi connectivity index (χ2v) is 6.71. The van der Waals surface area contributed by atoms with Crippen molar-refractivity contribution < 1.29 is 9.29 Å². The summed E-state index contributed by atoms with van der Waals surface area (Å²) in [5.41, 5.74) is 3.00. The van der Waals surface area contributed by atoms with Gasteiger partial charge in [-0.2, -0.15) is 4.55 Å². The van der Waals surface area contributed by atoms with Crippen molar-refractivity contribution in [2.75, 3.05) is 13.7 Å². The van der Waals surface area contributed by atoms with Crippen LogP contribution in [0.1, 0.15) is 18.9 Å². The van der Waals surface area contributed by atoms with E-state index >= 15 is 0 Å². The molecule has 1 atom stereocenters. The minimum absolute atomic E-state index is 0.606. The standard InChI is InChI=1S/C17H21ClNO2S/c1-4-10-19-22(20)13-8-9-14(15(18)11-13)17-12(2)6-5-7-16(17)21-3/h5-9,11,19-20H,4,10H2,1-3H3/q+1. The van der Waals surface area contributed by atoms with Crippen LogP contribution >= 0.6 is 11.6 Å². The molecule has 0 aliphatic carbocycles. The first kappa shape index (κ1) is 17.2. The first-order valence-corrected chi connectivity index (χ1v) is 8.74. The maximum Gasteiger partial charge on any atom is 0.275 e. The topological polar surface area (TPSA) is 41.5 Å². The second kappa shape index (κ2) is 7.88. The second-order valence-electron chi connectivity index (χ2n) is 4.97. The molecule has 0 bridgehead atoms. The summed E-state index contributed by atoms with van der Waals surface area (Å²) in [6.07, 6.45) is 0.969. The Hall–Kier alpha value is -1.20.